The van der Waals surface area contributed by atoms with E-state index in [0.29, 0.717) is 23.6 Å². The van der Waals surface area contributed by atoms with Gasteiger partial charge in [-0.1, -0.05) is 32.9 Å². The van der Waals surface area contributed by atoms with Crippen molar-refractivity contribution in [3.05, 3.63) is 11.7 Å². The molecule has 1 atom stereocenters. The molecule has 1 heterocycles. The zero-order valence-electron chi connectivity index (χ0n) is 14.0. The molecule has 4 nitrogen and oxygen atoms in total. The first-order valence-electron chi connectivity index (χ1n) is 8.19. The second-order valence-corrected chi connectivity index (χ2v) is 7.45. The molecule has 0 radical (unpaired) electrons. The minimum absolute atomic E-state index is 0.154. The molecule has 1 aromatic rings. The van der Waals surface area contributed by atoms with Gasteiger partial charge >= 0.3 is 0 Å². The molecule has 1 aromatic heterocycles. The summed E-state index contributed by atoms with van der Waals surface area (Å²) in [6, 6.07) is 0. The van der Waals surface area contributed by atoms with E-state index in [9.17, 15) is 4.79 Å². The Morgan fingerprint density at radius 1 is 1.29 bits per heavy atom. The maximum absolute atomic E-state index is 11.7. The molecule has 0 aromatic carbocycles. The molecule has 4 heteroatoms. The lowest BCUT2D eigenvalue weighted by Gasteiger charge is -2.36. The van der Waals surface area contributed by atoms with Gasteiger partial charge in [-0.15, -0.1) is 0 Å². The van der Waals surface area contributed by atoms with Gasteiger partial charge in [-0.2, -0.15) is 4.98 Å². The van der Waals surface area contributed by atoms with Gasteiger partial charge < -0.3 is 4.52 Å². The summed E-state index contributed by atoms with van der Waals surface area (Å²) in [6.45, 7) is 10.7. The van der Waals surface area contributed by atoms with Crippen molar-refractivity contribution in [3.63, 3.8) is 0 Å². The molecule has 0 bridgehead atoms. The Balaban J connectivity index is 1.99. The summed E-state index contributed by atoms with van der Waals surface area (Å²) in [4.78, 5) is 16.2. The summed E-state index contributed by atoms with van der Waals surface area (Å²) in [5, 5.41) is 4.13. The number of hydrogen-bond acceptors (Lipinski definition) is 4. The predicted octanol–water partition coefficient (Wildman–Crippen LogP) is 4.47. The van der Waals surface area contributed by atoms with E-state index < -0.39 is 0 Å². The lowest BCUT2D eigenvalue weighted by Crippen LogP contribution is -2.25. The Bertz CT molecular complexity index is 479. The highest BCUT2D eigenvalue weighted by Gasteiger charge is 2.32. The number of aromatic nitrogens is 2. The van der Waals surface area contributed by atoms with Gasteiger partial charge in [-0.05, 0) is 43.9 Å². The molecule has 0 saturated heterocycles. The first-order chi connectivity index (χ1) is 9.82. The number of ketones is 1. The highest BCUT2D eigenvalue weighted by molar-refractivity contribution is 5.83. The Morgan fingerprint density at radius 3 is 2.43 bits per heavy atom. The summed E-state index contributed by atoms with van der Waals surface area (Å²) < 4.78 is 5.31. The van der Waals surface area contributed by atoms with Crippen LogP contribution in [0.15, 0.2) is 4.52 Å². The minimum atomic E-state index is -0.276. The number of hydrogen-bond donors (Lipinski definition) is 0. The van der Waals surface area contributed by atoms with Crippen molar-refractivity contribution >= 4 is 5.78 Å². The second kappa shape index (κ2) is 6.29. The molecular weight excluding hydrogens is 264 g/mol. The average molecular weight is 292 g/mol. The van der Waals surface area contributed by atoms with Gasteiger partial charge in [-0.25, -0.2) is 0 Å². The normalized spacial score (nSPS) is 24.8. The average Bonchev–Trinajstić information content (AvgIpc) is 2.94. The molecule has 1 fully saturated rings. The van der Waals surface area contributed by atoms with Gasteiger partial charge in [0.05, 0.1) is 5.92 Å². The number of nitrogens with zero attached hydrogens (tertiary/aromatic N) is 2. The van der Waals surface area contributed by atoms with Crippen molar-refractivity contribution in [1.29, 1.82) is 0 Å². The third kappa shape index (κ3) is 3.72. The van der Waals surface area contributed by atoms with Crippen molar-refractivity contribution in [2.75, 3.05) is 0 Å². The standard InChI is InChI=1S/C17H28N2O2/c1-6-14(20)11(2)16-18-15(19-21-16)12-7-9-13(10-8-12)17(3,4)5/h11-13H,6-10H2,1-5H3. The SMILES string of the molecule is CCC(=O)C(C)c1nc(C2CCC(C(C)(C)C)CC2)no1. The molecule has 1 aliphatic rings. The van der Waals surface area contributed by atoms with Crippen LogP contribution < -0.4 is 0 Å². The van der Waals surface area contributed by atoms with Crippen molar-refractivity contribution in [2.45, 2.75) is 78.6 Å². The molecular formula is C17H28N2O2. The Hall–Kier alpha value is -1.19. The van der Waals surface area contributed by atoms with Crippen LogP contribution in [0.25, 0.3) is 0 Å². The Morgan fingerprint density at radius 2 is 1.90 bits per heavy atom. The van der Waals surface area contributed by atoms with Gasteiger partial charge in [0.25, 0.3) is 0 Å². The maximum Gasteiger partial charge on any atom is 0.236 e. The van der Waals surface area contributed by atoms with Gasteiger partial charge in [0.1, 0.15) is 5.78 Å². The van der Waals surface area contributed by atoms with Crippen LogP contribution in [0.5, 0.6) is 0 Å². The number of rotatable bonds is 4. The van der Waals surface area contributed by atoms with E-state index in [1.807, 2.05) is 13.8 Å². The fraction of sp³-hybridized carbons (Fsp3) is 0.824. The van der Waals surface area contributed by atoms with E-state index in [1.54, 1.807) is 0 Å². The fourth-order valence-corrected chi connectivity index (χ4v) is 3.25. The smallest absolute Gasteiger partial charge is 0.236 e. The lowest BCUT2D eigenvalue weighted by molar-refractivity contribution is -0.120. The summed E-state index contributed by atoms with van der Waals surface area (Å²) in [7, 11) is 0. The molecule has 1 unspecified atom stereocenters. The van der Waals surface area contributed by atoms with Crippen molar-refractivity contribution in [2.24, 2.45) is 11.3 Å². The molecule has 0 N–H and O–H groups in total. The van der Waals surface area contributed by atoms with E-state index in [2.05, 4.69) is 30.9 Å². The summed E-state index contributed by atoms with van der Waals surface area (Å²) in [5.74, 6) is 2.33. The molecule has 1 saturated carbocycles. The lowest BCUT2D eigenvalue weighted by atomic mass is 9.70. The number of carbonyl (C=O) groups excluding carboxylic acids is 1. The first-order valence-corrected chi connectivity index (χ1v) is 8.19. The third-order valence-electron chi connectivity index (χ3n) is 4.98. The van der Waals surface area contributed by atoms with Crippen molar-refractivity contribution < 1.29 is 9.32 Å². The molecule has 2 rings (SSSR count). The Kier molecular flexibility index (Phi) is 4.84. The maximum atomic E-state index is 11.7. The molecule has 118 valence electrons. The topological polar surface area (TPSA) is 56.0 Å². The zero-order chi connectivity index (χ0) is 15.6. The third-order valence-corrected chi connectivity index (χ3v) is 4.98. The largest absolute Gasteiger partial charge is 0.339 e. The van der Waals surface area contributed by atoms with Crippen LogP contribution >= 0.6 is 0 Å². The quantitative estimate of drug-likeness (QED) is 0.821. The minimum Gasteiger partial charge on any atom is -0.339 e. The highest BCUT2D eigenvalue weighted by Crippen LogP contribution is 2.42. The molecule has 0 spiro atoms. The predicted molar refractivity (Wildman–Crippen MR) is 82.2 cm³/mol. The van der Waals surface area contributed by atoms with Crippen LogP contribution in [0.1, 0.15) is 90.3 Å². The molecule has 1 aliphatic carbocycles. The Labute approximate surface area is 127 Å². The summed E-state index contributed by atoms with van der Waals surface area (Å²) in [6.07, 6.45) is 5.20. The molecule has 0 amide bonds. The van der Waals surface area contributed by atoms with Crippen molar-refractivity contribution in [1.82, 2.24) is 10.1 Å². The van der Waals surface area contributed by atoms with Crippen LogP contribution in [-0.4, -0.2) is 15.9 Å². The highest BCUT2D eigenvalue weighted by atomic mass is 16.5. The van der Waals surface area contributed by atoms with E-state index in [0.717, 1.165) is 24.6 Å². The van der Waals surface area contributed by atoms with Crippen LogP contribution in [0, 0.1) is 11.3 Å². The van der Waals surface area contributed by atoms with E-state index in [1.165, 1.54) is 12.8 Å². The van der Waals surface area contributed by atoms with Gasteiger partial charge in [0, 0.05) is 12.3 Å². The van der Waals surface area contributed by atoms with Crippen molar-refractivity contribution in [3.8, 4) is 0 Å². The summed E-state index contributed by atoms with van der Waals surface area (Å²) in [5.41, 5.74) is 0.384. The van der Waals surface area contributed by atoms with Gasteiger partial charge in [0.2, 0.25) is 5.89 Å². The van der Waals surface area contributed by atoms with E-state index in [4.69, 9.17) is 4.52 Å². The molecule has 21 heavy (non-hydrogen) atoms. The van der Waals surface area contributed by atoms with Crippen LogP contribution in [0.3, 0.4) is 0 Å². The van der Waals surface area contributed by atoms with Crippen LogP contribution in [0.4, 0.5) is 0 Å². The van der Waals surface area contributed by atoms with Crippen LogP contribution in [0.2, 0.25) is 0 Å². The van der Waals surface area contributed by atoms with E-state index in [-0.39, 0.29) is 11.7 Å². The second-order valence-electron chi connectivity index (χ2n) is 7.45. The fourth-order valence-electron chi connectivity index (χ4n) is 3.25. The number of Topliss-reactive ketones (excluding diaryl/α,β-unsaturated/α-hetero) is 1. The molecule has 0 aliphatic heterocycles. The van der Waals surface area contributed by atoms with Gasteiger partial charge in [0.15, 0.2) is 5.82 Å². The van der Waals surface area contributed by atoms with Crippen LogP contribution in [-0.2, 0) is 4.79 Å². The van der Waals surface area contributed by atoms with E-state index >= 15 is 0 Å². The summed E-state index contributed by atoms with van der Waals surface area (Å²) >= 11 is 0. The monoisotopic (exact) mass is 292 g/mol. The number of carbonyl (C=O) groups is 1. The van der Waals surface area contributed by atoms with Gasteiger partial charge in [-0.3, -0.25) is 4.79 Å². The first kappa shape index (κ1) is 16.2. The zero-order valence-corrected chi connectivity index (χ0v) is 14.0.